The Balaban J connectivity index is 0.000000203. The minimum Gasteiger partial charge on any atom is -0.356 e. The van der Waals surface area contributed by atoms with E-state index in [-0.39, 0.29) is 0 Å². The lowest BCUT2D eigenvalue weighted by Gasteiger charge is -2.22. The van der Waals surface area contributed by atoms with Gasteiger partial charge in [-0.15, -0.1) is 0 Å². The van der Waals surface area contributed by atoms with Crippen molar-refractivity contribution in [2.75, 3.05) is 38.6 Å². The third-order valence-electron chi connectivity index (χ3n) is 6.57. The Kier molecular flexibility index (Phi) is 7.76. The van der Waals surface area contributed by atoms with Gasteiger partial charge in [0, 0.05) is 43.8 Å². The molecular weight excluding hydrogens is 396 g/mol. The number of rotatable bonds is 6. The van der Waals surface area contributed by atoms with Gasteiger partial charge in [-0.05, 0) is 82.9 Å². The molecule has 6 nitrogen and oxygen atoms in total. The lowest BCUT2D eigenvalue weighted by molar-refractivity contribution is 0.315. The molecule has 1 saturated heterocycles. The van der Waals surface area contributed by atoms with Gasteiger partial charge >= 0.3 is 0 Å². The molecular formula is C26H38N6. The summed E-state index contributed by atoms with van der Waals surface area (Å²) in [4.78, 5) is 13.9. The first-order valence-electron chi connectivity index (χ1n) is 12.2. The van der Waals surface area contributed by atoms with Gasteiger partial charge in [0.15, 0.2) is 0 Å². The number of hydrogen-bond donors (Lipinski definition) is 1. The van der Waals surface area contributed by atoms with Crippen molar-refractivity contribution in [2.24, 2.45) is 0 Å². The molecule has 1 aliphatic carbocycles. The highest BCUT2D eigenvalue weighted by Crippen LogP contribution is 2.23. The molecule has 1 atom stereocenters. The van der Waals surface area contributed by atoms with Crippen LogP contribution in [0.3, 0.4) is 0 Å². The fourth-order valence-corrected chi connectivity index (χ4v) is 4.69. The maximum atomic E-state index is 4.73. The van der Waals surface area contributed by atoms with Gasteiger partial charge in [-0.1, -0.05) is 19.1 Å². The second-order valence-corrected chi connectivity index (χ2v) is 9.19. The molecule has 0 saturated carbocycles. The average Bonchev–Trinajstić information content (AvgIpc) is 3.47. The first-order valence-corrected chi connectivity index (χ1v) is 12.2. The molecule has 1 unspecified atom stereocenters. The van der Waals surface area contributed by atoms with Gasteiger partial charge in [-0.2, -0.15) is 0 Å². The molecule has 0 bridgehead atoms. The van der Waals surface area contributed by atoms with Gasteiger partial charge in [0.25, 0.3) is 0 Å². The van der Waals surface area contributed by atoms with Crippen LogP contribution in [0.1, 0.15) is 49.6 Å². The van der Waals surface area contributed by atoms with Crippen molar-refractivity contribution in [3.63, 3.8) is 0 Å². The summed E-state index contributed by atoms with van der Waals surface area (Å²) in [5, 5.41) is 3.43. The highest BCUT2D eigenvalue weighted by molar-refractivity contribution is 5.53. The summed E-state index contributed by atoms with van der Waals surface area (Å²) < 4.78 is 2.24. The zero-order chi connectivity index (χ0) is 22.3. The van der Waals surface area contributed by atoms with Gasteiger partial charge in [0.05, 0.1) is 5.69 Å². The lowest BCUT2D eigenvalue weighted by atomic mass is 9.96. The third kappa shape index (κ3) is 5.48. The predicted molar refractivity (Wildman–Crippen MR) is 132 cm³/mol. The van der Waals surface area contributed by atoms with E-state index in [2.05, 4.69) is 76.0 Å². The highest BCUT2D eigenvalue weighted by Gasteiger charge is 2.25. The molecule has 0 aromatic carbocycles. The van der Waals surface area contributed by atoms with Crippen LogP contribution in [-0.2, 0) is 19.4 Å². The van der Waals surface area contributed by atoms with Crippen LogP contribution < -0.4 is 10.2 Å². The highest BCUT2D eigenvalue weighted by atomic mass is 15.3. The van der Waals surface area contributed by atoms with E-state index in [1.807, 2.05) is 12.3 Å². The molecule has 0 amide bonds. The summed E-state index contributed by atoms with van der Waals surface area (Å²) in [5.74, 6) is 1.26. The van der Waals surface area contributed by atoms with Crippen LogP contribution in [0.15, 0.2) is 42.7 Å². The molecule has 3 aromatic rings. The second kappa shape index (κ2) is 10.9. The maximum absolute atomic E-state index is 4.73. The number of nitrogens with one attached hydrogen (secondary N) is 1. The molecule has 5 rings (SSSR count). The van der Waals surface area contributed by atoms with Crippen LogP contribution in [0, 0.1) is 0 Å². The Morgan fingerprint density at radius 2 is 2.00 bits per heavy atom. The molecule has 2 aliphatic rings. The summed E-state index contributed by atoms with van der Waals surface area (Å²) in [6.07, 6.45) is 11.5. The Labute approximate surface area is 192 Å². The zero-order valence-corrected chi connectivity index (χ0v) is 19.9. The molecule has 32 heavy (non-hydrogen) atoms. The van der Waals surface area contributed by atoms with Crippen molar-refractivity contribution in [3.05, 3.63) is 59.7 Å². The first kappa shape index (κ1) is 22.7. The number of aromatic nitrogens is 3. The minimum atomic E-state index is 0.643. The fraction of sp³-hybridized carbons (Fsp3) is 0.538. The second-order valence-electron chi connectivity index (χ2n) is 9.19. The van der Waals surface area contributed by atoms with Crippen LogP contribution in [-0.4, -0.2) is 59.0 Å². The Morgan fingerprint density at radius 1 is 1.12 bits per heavy atom. The lowest BCUT2D eigenvalue weighted by Crippen LogP contribution is -2.32. The summed E-state index contributed by atoms with van der Waals surface area (Å²) in [6.45, 7) is 6.27. The first-order chi connectivity index (χ1) is 15.7. The van der Waals surface area contributed by atoms with Crippen molar-refractivity contribution in [2.45, 2.75) is 58.0 Å². The van der Waals surface area contributed by atoms with Crippen LogP contribution in [0.25, 0.3) is 5.65 Å². The topological polar surface area (TPSA) is 48.7 Å². The molecule has 3 aromatic heterocycles. The summed E-state index contributed by atoms with van der Waals surface area (Å²) in [5.41, 5.74) is 4.95. The number of imidazole rings is 1. The van der Waals surface area contributed by atoms with Crippen molar-refractivity contribution < 1.29 is 0 Å². The van der Waals surface area contributed by atoms with Crippen molar-refractivity contribution in [3.8, 4) is 0 Å². The van der Waals surface area contributed by atoms with Crippen LogP contribution in [0.5, 0.6) is 0 Å². The number of hydrogen-bond acceptors (Lipinski definition) is 5. The van der Waals surface area contributed by atoms with Gasteiger partial charge in [-0.3, -0.25) is 9.38 Å². The van der Waals surface area contributed by atoms with Crippen LogP contribution >= 0.6 is 0 Å². The minimum absolute atomic E-state index is 0.643. The monoisotopic (exact) mass is 434 g/mol. The Bertz CT molecular complexity index is 970. The molecule has 6 heteroatoms. The van der Waals surface area contributed by atoms with Crippen LogP contribution in [0.4, 0.5) is 5.82 Å². The molecule has 0 spiro atoms. The van der Waals surface area contributed by atoms with E-state index in [4.69, 9.17) is 4.98 Å². The third-order valence-corrected chi connectivity index (χ3v) is 6.57. The van der Waals surface area contributed by atoms with Crippen molar-refractivity contribution >= 4 is 11.5 Å². The summed E-state index contributed by atoms with van der Waals surface area (Å²) in [7, 11) is 4.34. The zero-order valence-electron chi connectivity index (χ0n) is 19.9. The number of fused-ring (bicyclic) bond motifs is 2. The number of pyridine rings is 2. The fourth-order valence-electron chi connectivity index (χ4n) is 4.69. The van der Waals surface area contributed by atoms with Gasteiger partial charge < -0.3 is 15.1 Å². The SMILES string of the molecule is CCCNCc1cn2c(N3CCC(N(C)C)C3)cccc2n1.c1cnc2c(c1)CCCC2. The maximum Gasteiger partial charge on any atom is 0.138 e. The number of likely N-dealkylation sites (N-methyl/N-ethyl adjacent to an activating group) is 1. The molecule has 0 radical (unpaired) electrons. The van der Waals surface area contributed by atoms with E-state index in [9.17, 15) is 0 Å². The molecule has 1 N–H and O–H groups in total. The van der Waals surface area contributed by atoms with Crippen molar-refractivity contribution in [1.29, 1.82) is 0 Å². The number of anilines is 1. The van der Waals surface area contributed by atoms with Gasteiger partial charge in [0.1, 0.15) is 11.5 Å². The Morgan fingerprint density at radius 3 is 2.78 bits per heavy atom. The van der Waals surface area contributed by atoms with Crippen molar-refractivity contribution in [1.82, 2.24) is 24.6 Å². The standard InChI is InChI=1S/C17H27N5.C9H11N/c1-4-9-18-11-14-12-22-16(19-14)6-5-7-17(22)21-10-8-15(13-21)20(2)3;1-2-6-9-8(4-1)5-3-7-10-9/h5-7,12,15,18H,4,8-11,13H2,1-3H3;3,5,7H,1-2,4,6H2. The number of nitrogens with zero attached hydrogens (tertiary/aromatic N) is 5. The molecule has 172 valence electrons. The summed E-state index contributed by atoms with van der Waals surface area (Å²) in [6, 6.07) is 11.3. The van der Waals surface area contributed by atoms with E-state index in [1.54, 1.807) is 0 Å². The average molecular weight is 435 g/mol. The van der Waals surface area contributed by atoms with Gasteiger partial charge in [-0.25, -0.2) is 4.98 Å². The smallest absolute Gasteiger partial charge is 0.138 e. The van der Waals surface area contributed by atoms with E-state index in [0.29, 0.717) is 6.04 Å². The summed E-state index contributed by atoms with van der Waals surface area (Å²) >= 11 is 0. The number of aryl methyl sites for hydroxylation is 2. The molecule has 1 fully saturated rings. The van der Waals surface area contributed by atoms with E-state index in [1.165, 1.54) is 49.2 Å². The van der Waals surface area contributed by atoms with Crippen LogP contribution in [0.2, 0.25) is 0 Å². The van der Waals surface area contributed by atoms with Gasteiger partial charge in [0.2, 0.25) is 0 Å². The molecule has 4 heterocycles. The van der Waals surface area contributed by atoms with E-state index >= 15 is 0 Å². The molecule has 1 aliphatic heterocycles. The Hall–Kier alpha value is -2.44. The van der Waals surface area contributed by atoms with E-state index in [0.717, 1.165) is 43.9 Å². The largest absolute Gasteiger partial charge is 0.356 e. The quantitative estimate of drug-likeness (QED) is 0.596. The predicted octanol–water partition coefficient (Wildman–Crippen LogP) is 3.93. The van der Waals surface area contributed by atoms with E-state index < -0.39 is 0 Å². The normalized spacial score (nSPS) is 18.0.